The molecule has 1 amide bonds. The van der Waals surface area contributed by atoms with Gasteiger partial charge in [0.2, 0.25) is 0 Å². The van der Waals surface area contributed by atoms with Gasteiger partial charge < -0.3 is 9.73 Å². The van der Waals surface area contributed by atoms with Crippen molar-refractivity contribution in [1.29, 1.82) is 0 Å². The summed E-state index contributed by atoms with van der Waals surface area (Å²) in [5.74, 6) is -0.180. The minimum atomic E-state index is -0.577. The fourth-order valence-corrected chi connectivity index (χ4v) is 0.741. The lowest BCUT2D eigenvalue weighted by atomic mass is 10.3. The number of carbonyl (C=O) groups is 1. The number of hydrogen-bond acceptors (Lipinski definition) is 2. The number of hydrogen-bond donors (Lipinski definition) is 1. The van der Waals surface area contributed by atoms with E-state index in [-0.39, 0.29) is 11.7 Å². The van der Waals surface area contributed by atoms with Crippen LogP contribution in [0, 0.1) is 0 Å². The molecular formula is C8H10FNO2. The van der Waals surface area contributed by atoms with Gasteiger partial charge in [-0.1, -0.05) is 0 Å². The first kappa shape index (κ1) is 8.77. The Morgan fingerprint density at radius 3 is 3.08 bits per heavy atom. The van der Waals surface area contributed by atoms with Crippen molar-refractivity contribution in [3.63, 3.8) is 0 Å². The van der Waals surface area contributed by atoms with Crippen LogP contribution < -0.4 is 5.32 Å². The topological polar surface area (TPSA) is 42.2 Å². The van der Waals surface area contributed by atoms with Crippen molar-refractivity contribution in [2.24, 2.45) is 0 Å². The SMILES string of the molecule is CC(CF)NC(=O)c1ccco1. The summed E-state index contributed by atoms with van der Waals surface area (Å²) in [7, 11) is 0. The van der Waals surface area contributed by atoms with Crippen LogP contribution in [-0.4, -0.2) is 18.6 Å². The van der Waals surface area contributed by atoms with E-state index in [1.54, 1.807) is 13.0 Å². The zero-order chi connectivity index (χ0) is 8.97. The molecule has 0 bridgehead atoms. The van der Waals surface area contributed by atoms with Crippen LogP contribution in [0.15, 0.2) is 22.8 Å². The third kappa shape index (κ3) is 2.08. The van der Waals surface area contributed by atoms with Gasteiger partial charge in [-0.15, -0.1) is 0 Å². The van der Waals surface area contributed by atoms with Crippen LogP contribution in [0.1, 0.15) is 17.5 Å². The second-order valence-corrected chi connectivity index (χ2v) is 2.51. The molecule has 1 aromatic heterocycles. The lowest BCUT2D eigenvalue weighted by Gasteiger charge is -2.06. The highest BCUT2D eigenvalue weighted by Crippen LogP contribution is 1.99. The molecule has 1 heterocycles. The molecule has 0 fully saturated rings. The zero-order valence-corrected chi connectivity index (χ0v) is 6.71. The van der Waals surface area contributed by atoms with Crippen molar-refractivity contribution in [1.82, 2.24) is 5.32 Å². The Bertz CT molecular complexity index is 246. The minimum Gasteiger partial charge on any atom is -0.459 e. The molecule has 12 heavy (non-hydrogen) atoms. The average Bonchev–Trinajstić information content (AvgIpc) is 2.56. The third-order valence-corrected chi connectivity index (χ3v) is 1.35. The number of alkyl halides is 1. The first-order valence-electron chi connectivity index (χ1n) is 3.64. The molecule has 0 radical (unpaired) electrons. The van der Waals surface area contributed by atoms with Gasteiger partial charge in [0.25, 0.3) is 5.91 Å². The molecular weight excluding hydrogens is 161 g/mol. The van der Waals surface area contributed by atoms with E-state index < -0.39 is 12.7 Å². The summed E-state index contributed by atoms with van der Waals surface area (Å²) in [4.78, 5) is 11.1. The predicted octanol–water partition coefficient (Wildman–Crippen LogP) is 1.37. The van der Waals surface area contributed by atoms with Crippen LogP contribution in [0.3, 0.4) is 0 Å². The van der Waals surface area contributed by atoms with E-state index in [1.807, 2.05) is 0 Å². The zero-order valence-electron chi connectivity index (χ0n) is 6.71. The Balaban J connectivity index is 2.50. The van der Waals surface area contributed by atoms with E-state index in [4.69, 9.17) is 4.42 Å². The Morgan fingerprint density at radius 2 is 2.58 bits per heavy atom. The van der Waals surface area contributed by atoms with Gasteiger partial charge in [0.15, 0.2) is 5.76 Å². The van der Waals surface area contributed by atoms with E-state index in [0.717, 1.165) is 0 Å². The molecule has 1 atom stereocenters. The monoisotopic (exact) mass is 171 g/mol. The number of halogens is 1. The lowest BCUT2D eigenvalue weighted by molar-refractivity contribution is 0.0906. The standard InChI is InChI=1S/C8H10FNO2/c1-6(5-9)10-8(11)7-3-2-4-12-7/h2-4,6H,5H2,1H3,(H,10,11). The van der Waals surface area contributed by atoms with Crippen LogP contribution in [0.5, 0.6) is 0 Å². The molecule has 1 aromatic rings. The maximum Gasteiger partial charge on any atom is 0.287 e. The van der Waals surface area contributed by atoms with Gasteiger partial charge in [-0.2, -0.15) is 0 Å². The van der Waals surface area contributed by atoms with E-state index in [9.17, 15) is 9.18 Å². The van der Waals surface area contributed by atoms with E-state index in [0.29, 0.717) is 0 Å². The Labute approximate surface area is 69.6 Å². The van der Waals surface area contributed by atoms with Gasteiger partial charge in [-0.25, -0.2) is 4.39 Å². The number of rotatable bonds is 3. The van der Waals surface area contributed by atoms with Crippen molar-refractivity contribution in [3.8, 4) is 0 Å². The first-order valence-corrected chi connectivity index (χ1v) is 3.64. The molecule has 0 aliphatic carbocycles. The second kappa shape index (κ2) is 3.90. The fraction of sp³-hybridized carbons (Fsp3) is 0.375. The predicted molar refractivity (Wildman–Crippen MR) is 41.6 cm³/mol. The molecule has 1 rings (SSSR count). The number of amides is 1. The van der Waals surface area contributed by atoms with Crippen LogP contribution in [0.25, 0.3) is 0 Å². The van der Waals surface area contributed by atoms with Gasteiger partial charge in [-0.05, 0) is 19.1 Å². The maximum atomic E-state index is 11.9. The minimum absolute atomic E-state index is 0.204. The van der Waals surface area contributed by atoms with E-state index in [2.05, 4.69) is 5.32 Å². The molecule has 66 valence electrons. The molecule has 0 aliphatic rings. The van der Waals surface area contributed by atoms with Crippen LogP contribution in [-0.2, 0) is 0 Å². The lowest BCUT2D eigenvalue weighted by Crippen LogP contribution is -2.33. The highest BCUT2D eigenvalue weighted by Gasteiger charge is 2.10. The summed E-state index contributed by atoms with van der Waals surface area (Å²) in [6.45, 7) is 1.01. The molecule has 0 aliphatic heterocycles. The van der Waals surface area contributed by atoms with Crippen LogP contribution >= 0.6 is 0 Å². The van der Waals surface area contributed by atoms with Gasteiger partial charge >= 0.3 is 0 Å². The quantitative estimate of drug-likeness (QED) is 0.746. The highest BCUT2D eigenvalue weighted by atomic mass is 19.1. The van der Waals surface area contributed by atoms with Crippen molar-refractivity contribution in [3.05, 3.63) is 24.2 Å². The fourth-order valence-electron chi connectivity index (χ4n) is 0.741. The van der Waals surface area contributed by atoms with Crippen LogP contribution in [0.4, 0.5) is 4.39 Å². The van der Waals surface area contributed by atoms with Crippen molar-refractivity contribution >= 4 is 5.91 Å². The van der Waals surface area contributed by atoms with Crippen molar-refractivity contribution in [2.75, 3.05) is 6.67 Å². The molecule has 0 saturated heterocycles. The van der Waals surface area contributed by atoms with Crippen molar-refractivity contribution in [2.45, 2.75) is 13.0 Å². The summed E-state index contributed by atoms with van der Waals surface area (Å²) in [5.41, 5.74) is 0. The Morgan fingerprint density at radius 1 is 1.83 bits per heavy atom. The summed E-state index contributed by atoms with van der Waals surface area (Å²) >= 11 is 0. The second-order valence-electron chi connectivity index (χ2n) is 2.51. The van der Waals surface area contributed by atoms with Crippen molar-refractivity contribution < 1.29 is 13.6 Å². The summed E-state index contributed by atoms with van der Waals surface area (Å²) < 4.78 is 16.7. The molecule has 3 nitrogen and oxygen atoms in total. The highest BCUT2D eigenvalue weighted by molar-refractivity contribution is 5.91. The smallest absolute Gasteiger partial charge is 0.287 e. The molecule has 0 spiro atoms. The molecule has 1 N–H and O–H groups in total. The molecule has 1 unspecified atom stereocenters. The third-order valence-electron chi connectivity index (χ3n) is 1.35. The summed E-state index contributed by atoms with van der Waals surface area (Å²) in [6.07, 6.45) is 1.40. The van der Waals surface area contributed by atoms with Crippen LogP contribution in [0.2, 0.25) is 0 Å². The average molecular weight is 171 g/mol. The number of nitrogens with one attached hydrogen (secondary N) is 1. The number of carbonyl (C=O) groups excluding carboxylic acids is 1. The summed E-state index contributed by atoms with van der Waals surface area (Å²) in [6, 6.07) is 2.66. The van der Waals surface area contributed by atoms with E-state index in [1.165, 1.54) is 12.3 Å². The largest absolute Gasteiger partial charge is 0.459 e. The summed E-state index contributed by atoms with van der Waals surface area (Å²) in [5, 5.41) is 2.42. The van der Waals surface area contributed by atoms with Gasteiger partial charge in [0.05, 0.1) is 12.3 Å². The Hall–Kier alpha value is -1.32. The Kier molecular flexibility index (Phi) is 2.85. The normalized spacial score (nSPS) is 12.5. The molecule has 0 saturated carbocycles. The first-order chi connectivity index (χ1) is 5.74. The van der Waals surface area contributed by atoms with Gasteiger partial charge in [0, 0.05) is 0 Å². The van der Waals surface area contributed by atoms with E-state index >= 15 is 0 Å². The maximum absolute atomic E-state index is 11.9. The molecule has 0 aromatic carbocycles. The van der Waals surface area contributed by atoms with Gasteiger partial charge in [0.1, 0.15) is 6.67 Å². The molecule has 4 heteroatoms. The van der Waals surface area contributed by atoms with Gasteiger partial charge in [-0.3, -0.25) is 4.79 Å². The number of furan rings is 1.